The van der Waals surface area contributed by atoms with Crippen LogP contribution in [0.2, 0.25) is 0 Å². The summed E-state index contributed by atoms with van der Waals surface area (Å²) in [5.74, 6) is -0.198. The average molecular weight is 233 g/mol. The summed E-state index contributed by atoms with van der Waals surface area (Å²) in [4.78, 5) is 11.9. The van der Waals surface area contributed by atoms with Crippen LogP contribution in [-0.4, -0.2) is 18.6 Å². The topological polar surface area (TPSA) is 52.3 Å². The Morgan fingerprint density at radius 1 is 1.35 bits per heavy atom. The smallest absolute Gasteiger partial charge is 0.338 e. The van der Waals surface area contributed by atoms with Crippen LogP contribution in [0.4, 0.5) is 0 Å². The lowest BCUT2D eigenvalue weighted by atomic mass is 10.1. The molecule has 2 rings (SSSR count). The highest BCUT2D eigenvalue weighted by Gasteiger charge is 2.20. The van der Waals surface area contributed by atoms with Crippen LogP contribution >= 0.6 is 0 Å². The maximum Gasteiger partial charge on any atom is 0.338 e. The molecular formula is C14H19NO2. The molecule has 2 N–H and O–H groups in total. The fourth-order valence-corrected chi connectivity index (χ4v) is 2.25. The molecule has 3 heteroatoms. The first-order chi connectivity index (χ1) is 8.29. The monoisotopic (exact) mass is 233 g/mol. The van der Waals surface area contributed by atoms with Crippen LogP contribution in [0.1, 0.15) is 41.6 Å². The van der Waals surface area contributed by atoms with Crippen molar-refractivity contribution in [3.05, 3.63) is 35.4 Å². The van der Waals surface area contributed by atoms with Gasteiger partial charge in [-0.25, -0.2) is 4.79 Å². The molecule has 0 aromatic heterocycles. The molecule has 0 radical (unpaired) electrons. The number of carbonyl (C=O) groups is 1. The zero-order valence-electron chi connectivity index (χ0n) is 10.0. The summed E-state index contributed by atoms with van der Waals surface area (Å²) in [6.07, 6.45) is 5.28. The highest BCUT2D eigenvalue weighted by Crippen LogP contribution is 2.22. The van der Waals surface area contributed by atoms with Gasteiger partial charge in [0.2, 0.25) is 0 Å². The SMILES string of the molecule is NCCc1cccc(C(=O)OC2CCCC2)c1. The molecule has 1 aromatic carbocycles. The number of benzene rings is 1. The van der Waals surface area contributed by atoms with E-state index in [1.165, 1.54) is 12.8 Å². The molecule has 17 heavy (non-hydrogen) atoms. The number of carbonyl (C=O) groups excluding carboxylic acids is 1. The Hall–Kier alpha value is -1.35. The Labute approximate surface area is 102 Å². The number of hydrogen-bond acceptors (Lipinski definition) is 3. The summed E-state index contributed by atoms with van der Waals surface area (Å²) in [6.45, 7) is 0.598. The Kier molecular flexibility index (Phi) is 4.15. The molecule has 0 unspecified atom stereocenters. The van der Waals surface area contributed by atoms with E-state index in [2.05, 4.69) is 0 Å². The molecule has 0 amide bonds. The molecule has 1 saturated carbocycles. The van der Waals surface area contributed by atoms with Crippen molar-refractivity contribution < 1.29 is 9.53 Å². The zero-order valence-corrected chi connectivity index (χ0v) is 10.0. The largest absolute Gasteiger partial charge is 0.459 e. The molecule has 0 saturated heterocycles. The lowest BCUT2D eigenvalue weighted by Gasteiger charge is -2.11. The molecule has 0 aliphatic heterocycles. The van der Waals surface area contributed by atoms with Gasteiger partial charge in [-0.3, -0.25) is 0 Å². The van der Waals surface area contributed by atoms with Crippen molar-refractivity contribution in [2.24, 2.45) is 5.73 Å². The second-order valence-electron chi connectivity index (χ2n) is 4.55. The van der Waals surface area contributed by atoms with Gasteiger partial charge in [0.1, 0.15) is 6.10 Å². The van der Waals surface area contributed by atoms with Crippen molar-refractivity contribution in [3.63, 3.8) is 0 Å². The Morgan fingerprint density at radius 2 is 2.12 bits per heavy atom. The van der Waals surface area contributed by atoms with Crippen LogP contribution in [0.15, 0.2) is 24.3 Å². The predicted octanol–water partition coefficient (Wildman–Crippen LogP) is 2.29. The second-order valence-corrected chi connectivity index (χ2v) is 4.55. The lowest BCUT2D eigenvalue weighted by molar-refractivity contribution is 0.0318. The Balaban J connectivity index is 1.99. The molecule has 0 atom stereocenters. The van der Waals surface area contributed by atoms with E-state index in [0.717, 1.165) is 24.8 Å². The van der Waals surface area contributed by atoms with E-state index in [9.17, 15) is 4.79 Å². The number of hydrogen-bond donors (Lipinski definition) is 1. The number of rotatable bonds is 4. The van der Waals surface area contributed by atoms with Crippen molar-refractivity contribution >= 4 is 5.97 Å². The van der Waals surface area contributed by atoms with Gasteiger partial charge in [-0.1, -0.05) is 12.1 Å². The van der Waals surface area contributed by atoms with Gasteiger partial charge in [0.05, 0.1) is 5.56 Å². The van der Waals surface area contributed by atoms with Crippen molar-refractivity contribution in [1.29, 1.82) is 0 Å². The average Bonchev–Trinajstić information content (AvgIpc) is 2.83. The van der Waals surface area contributed by atoms with E-state index in [4.69, 9.17) is 10.5 Å². The Bertz CT molecular complexity index is 384. The fraction of sp³-hybridized carbons (Fsp3) is 0.500. The minimum absolute atomic E-state index is 0.126. The Morgan fingerprint density at radius 3 is 2.82 bits per heavy atom. The summed E-state index contributed by atoms with van der Waals surface area (Å²) >= 11 is 0. The molecule has 1 fully saturated rings. The third kappa shape index (κ3) is 3.30. The van der Waals surface area contributed by atoms with Gasteiger partial charge < -0.3 is 10.5 Å². The number of ether oxygens (including phenoxy) is 1. The van der Waals surface area contributed by atoms with Gasteiger partial charge in [0.25, 0.3) is 0 Å². The third-order valence-corrected chi connectivity index (χ3v) is 3.17. The van der Waals surface area contributed by atoms with E-state index in [0.29, 0.717) is 12.1 Å². The van der Waals surface area contributed by atoms with E-state index >= 15 is 0 Å². The van der Waals surface area contributed by atoms with Gasteiger partial charge in [-0.05, 0) is 56.3 Å². The minimum Gasteiger partial charge on any atom is -0.459 e. The van der Waals surface area contributed by atoms with Crippen molar-refractivity contribution in [1.82, 2.24) is 0 Å². The molecule has 3 nitrogen and oxygen atoms in total. The predicted molar refractivity (Wildman–Crippen MR) is 66.9 cm³/mol. The summed E-state index contributed by atoms with van der Waals surface area (Å²) in [7, 11) is 0. The maximum atomic E-state index is 11.9. The molecule has 0 spiro atoms. The summed E-state index contributed by atoms with van der Waals surface area (Å²) in [6, 6.07) is 7.55. The van der Waals surface area contributed by atoms with E-state index in [1.807, 2.05) is 18.2 Å². The normalized spacial score (nSPS) is 16.1. The van der Waals surface area contributed by atoms with Crippen LogP contribution in [0.25, 0.3) is 0 Å². The van der Waals surface area contributed by atoms with Crippen LogP contribution < -0.4 is 5.73 Å². The zero-order chi connectivity index (χ0) is 12.1. The van der Waals surface area contributed by atoms with Crippen molar-refractivity contribution in [3.8, 4) is 0 Å². The molecule has 1 aliphatic carbocycles. The minimum atomic E-state index is -0.198. The molecule has 1 aliphatic rings. The fourth-order valence-electron chi connectivity index (χ4n) is 2.25. The van der Waals surface area contributed by atoms with Gasteiger partial charge in [-0.15, -0.1) is 0 Å². The number of nitrogens with two attached hydrogens (primary N) is 1. The summed E-state index contributed by atoms with van der Waals surface area (Å²) in [5.41, 5.74) is 7.24. The number of esters is 1. The standard InChI is InChI=1S/C14H19NO2/c15-9-8-11-4-3-5-12(10-11)14(16)17-13-6-1-2-7-13/h3-5,10,13H,1-2,6-9,15H2. The van der Waals surface area contributed by atoms with E-state index in [-0.39, 0.29) is 12.1 Å². The van der Waals surface area contributed by atoms with Gasteiger partial charge in [0, 0.05) is 0 Å². The summed E-state index contributed by atoms with van der Waals surface area (Å²) in [5, 5.41) is 0. The molecule has 0 bridgehead atoms. The van der Waals surface area contributed by atoms with Crippen molar-refractivity contribution in [2.45, 2.75) is 38.2 Å². The third-order valence-electron chi connectivity index (χ3n) is 3.17. The highest BCUT2D eigenvalue weighted by atomic mass is 16.5. The summed E-state index contributed by atoms with van der Waals surface area (Å²) < 4.78 is 5.46. The first-order valence-corrected chi connectivity index (χ1v) is 6.29. The van der Waals surface area contributed by atoms with Crippen molar-refractivity contribution in [2.75, 3.05) is 6.54 Å². The molecule has 92 valence electrons. The second kappa shape index (κ2) is 5.82. The van der Waals surface area contributed by atoms with Gasteiger partial charge in [0.15, 0.2) is 0 Å². The molecule has 0 heterocycles. The van der Waals surface area contributed by atoms with Crippen LogP contribution in [0.3, 0.4) is 0 Å². The quantitative estimate of drug-likeness (QED) is 0.812. The van der Waals surface area contributed by atoms with Gasteiger partial charge in [-0.2, -0.15) is 0 Å². The maximum absolute atomic E-state index is 11.9. The molecular weight excluding hydrogens is 214 g/mol. The van der Waals surface area contributed by atoms with Crippen LogP contribution in [0, 0.1) is 0 Å². The molecule has 1 aromatic rings. The highest BCUT2D eigenvalue weighted by molar-refractivity contribution is 5.89. The first-order valence-electron chi connectivity index (χ1n) is 6.29. The lowest BCUT2D eigenvalue weighted by Crippen LogP contribution is -2.15. The van der Waals surface area contributed by atoms with Crippen LogP contribution in [0.5, 0.6) is 0 Å². The van der Waals surface area contributed by atoms with Crippen LogP contribution in [-0.2, 0) is 11.2 Å². The van der Waals surface area contributed by atoms with E-state index in [1.54, 1.807) is 6.07 Å². The van der Waals surface area contributed by atoms with Gasteiger partial charge >= 0.3 is 5.97 Å². The van der Waals surface area contributed by atoms with E-state index < -0.39 is 0 Å². The first kappa shape index (κ1) is 12.1.